The lowest BCUT2D eigenvalue weighted by Crippen LogP contribution is -2.20. The molecule has 0 aliphatic rings. The third-order valence-electron chi connectivity index (χ3n) is 5.14. The highest BCUT2D eigenvalue weighted by Crippen LogP contribution is 2.39. The summed E-state index contributed by atoms with van der Waals surface area (Å²) in [5.74, 6) is -0.187. The molecule has 2 aromatic heterocycles. The van der Waals surface area contributed by atoms with E-state index in [-0.39, 0.29) is 12.4 Å². The van der Waals surface area contributed by atoms with Crippen LogP contribution in [0.3, 0.4) is 0 Å². The number of pyridine rings is 1. The van der Waals surface area contributed by atoms with Crippen LogP contribution >= 0.6 is 0 Å². The molecule has 0 saturated heterocycles. The number of carbonyl (C=O) groups excluding carboxylic acids is 1. The molecule has 0 radical (unpaired) electrons. The summed E-state index contributed by atoms with van der Waals surface area (Å²) >= 11 is 0. The lowest BCUT2D eigenvalue weighted by atomic mass is 10.1. The number of methoxy groups -OCH3 is 1. The van der Waals surface area contributed by atoms with Gasteiger partial charge < -0.3 is 20.5 Å². The Balaban J connectivity index is 1.93. The first-order chi connectivity index (χ1) is 15.8. The molecule has 2 aromatic carbocycles. The number of imidazole rings is 1. The molecule has 2 heterocycles. The van der Waals surface area contributed by atoms with Gasteiger partial charge in [0, 0.05) is 23.5 Å². The average molecular weight is 452 g/mol. The van der Waals surface area contributed by atoms with Gasteiger partial charge in [-0.1, -0.05) is 0 Å². The van der Waals surface area contributed by atoms with Crippen LogP contribution in [0.1, 0.15) is 11.1 Å². The van der Waals surface area contributed by atoms with Crippen LogP contribution in [0.5, 0.6) is 11.5 Å². The van der Waals surface area contributed by atoms with Gasteiger partial charge in [-0.05, 0) is 61.4 Å². The van der Waals surface area contributed by atoms with Crippen molar-refractivity contribution in [1.82, 2.24) is 9.38 Å². The number of aromatic nitrogens is 2. The van der Waals surface area contributed by atoms with Gasteiger partial charge in [0.15, 0.2) is 6.61 Å². The maximum atomic E-state index is 14.1. The summed E-state index contributed by atoms with van der Waals surface area (Å²) in [5, 5.41) is 3.29. The molecule has 0 atom stereocenters. The minimum Gasteiger partial charge on any atom is -0.497 e. The fourth-order valence-electron chi connectivity index (χ4n) is 3.65. The van der Waals surface area contributed by atoms with Crippen molar-refractivity contribution in [3.8, 4) is 22.8 Å². The summed E-state index contributed by atoms with van der Waals surface area (Å²) in [4.78, 5) is 16.0. The van der Waals surface area contributed by atoms with E-state index in [2.05, 4.69) is 10.3 Å². The van der Waals surface area contributed by atoms with Crippen molar-refractivity contribution in [2.75, 3.05) is 19.0 Å². The molecule has 0 saturated carbocycles. The van der Waals surface area contributed by atoms with Crippen molar-refractivity contribution in [2.24, 2.45) is 5.73 Å². The highest BCUT2D eigenvalue weighted by molar-refractivity contribution is 5.84. The number of nitrogens with zero attached hydrogens (tertiary/aromatic N) is 2. The van der Waals surface area contributed by atoms with Gasteiger partial charge in [0.2, 0.25) is 0 Å². The molecule has 0 unspecified atom stereocenters. The Morgan fingerprint density at radius 3 is 2.48 bits per heavy atom. The van der Waals surface area contributed by atoms with E-state index >= 15 is 0 Å². The van der Waals surface area contributed by atoms with E-state index in [0.717, 1.165) is 0 Å². The second-order valence-corrected chi connectivity index (χ2v) is 7.54. The predicted octanol–water partition coefficient (Wildman–Crippen LogP) is 4.51. The zero-order chi connectivity index (χ0) is 23.7. The third kappa shape index (κ3) is 4.43. The lowest BCUT2D eigenvalue weighted by molar-refractivity contribution is -0.119. The summed E-state index contributed by atoms with van der Waals surface area (Å²) in [6.45, 7) is 3.20. The number of halogens is 2. The van der Waals surface area contributed by atoms with Crippen LogP contribution in [0.2, 0.25) is 0 Å². The number of ether oxygens (including phenoxy) is 2. The number of aryl methyl sites for hydroxylation is 2. The maximum Gasteiger partial charge on any atom is 0.255 e. The smallest absolute Gasteiger partial charge is 0.255 e. The molecule has 170 valence electrons. The van der Waals surface area contributed by atoms with Crippen LogP contribution in [-0.2, 0) is 4.79 Å². The predicted molar refractivity (Wildman–Crippen MR) is 121 cm³/mol. The van der Waals surface area contributed by atoms with Crippen LogP contribution in [0.25, 0.3) is 16.9 Å². The number of primary amides is 1. The van der Waals surface area contributed by atoms with E-state index in [0.29, 0.717) is 51.0 Å². The molecule has 0 bridgehead atoms. The zero-order valence-electron chi connectivity index (χ0n) is 18.3. The molecule has 4 aromatic rings. The number of fused-ring (bicyclic) bond motifs is 1. The Bertz CT molecular complexity index is 1340. The second kappa shape index (κ2) is 8.78. The lowest BCUT2D eigenvalue weighted by Gasteiger charge is -2.16. The van der Waals surface area contributed by atoms with Crippen molar-refractivity contribution in [1.29, 1.82) is 0 Å². The average Bonchev–Trinajstić information content (AvgIpc) is 3.11. The number of nitrogens with two attached hydrogens (primary N) is 1. The van der Waals surface area contributed by atoms with E-state index in [1.54, 1.807) is 42.5 Å². The molecule has 3 N–H and O–H groups in total. The normalized spacial score (nSPS) is 10.9. The summed E-state index contributed by atoms with van der Waals surface area (Å²) in [6, 6.07) is 10.7. The van der Waals surface area contributed by atoms with Gasteiger partial charge in [-0.15, -0.1) is 0 Å². The van der Waals surface area contributed by atoms with Gasteiger partial charge in [0.25, 0.3) is 5.91 Å². The van der Waals surface area contributed by atoms with E-state index < -0.39 is 11.7 Å². The van der Waals surface area contributed by atoms with Gasteiger partial charge in [-0.2, -0.15) is 0 Å². The molecule has 7 nitrogen and oxygen atoms in total. The van der Waals surface area contributed by atoms with Crippen molar-refractivity contribution >= 4 is 23.1 Å². The fourth-order valence-corrected chi connectivity index (χ4v) is 3.65. The number of hydrogen-bond acceptors (Lipinski definition) is 5. The minimum atomic E-state index is -0.642. The second-order valence-electron chi connectivity index (χ2n) is 7.54. The first-order valence-electron chi connectivity index (χ1n) is 10.1. The van der Waals surface area contributed by atoms with Gasteiger partial charge in [0.05, 0.1) is 7.11 Å². The quantitative estimate of drug-likeness (QED) is 0.431. The monoisotopic (exact) mass is 452 g/mol. The number of carbonyl (C=O) groups is 1. The van der Waals surface area contributed by atoms with E-state index in [9.17, 15) is 13.6 Å². The Morgan fingerprint density at radius 1 is 1.09 bits per heavy atom. The van der Waals surface area contributed by atoms with E-state index in [4.69, 9.17) is 15.2 Å². The van der Waals surface area contributed by atoms with Crippen LogP contribution in [-0.4, -0.2) is 29.0 Å². The number of rotatable bonds is 7. The molecule has 4 rings (SSSR count). The SMILES string of the molecule is COc1ccc(-c2nc3ccc(F)cn3c2Nc2c(C)cc(F)cc2C)c(OCC(N)=O)c1. The molecular formula is C24H22F2N4O3. The third-order valence-corrected chi connectivity index (χ3v) is 5.14. The Labute approximate surface area is 188 Å². The molecular weight excluding hydrogens is 430 g/mol. The number of hydrogen-bond donors (Lipinski definition) is 2. The first kappa shape index (κ1) is 22.1. The number of anilines is 2. The van der Waals surface area contributed by atoms with Gasteiger partial charge in [-0.25, -0.2) is 13.8 Å². The summed E-state index contributed by atoms with van der Waals surface area (Å²) < 4.78 is 40.5. The largest absolute Gasteiger partial charge is 0.497 e. The van der Waals surface area contributed by atoms with Crippen molar-refractivity contribution in [3.05, 3.63) is 71.4 Å². The van der Waals surface area contributed by atoms with E-state index in [1.807, 2.05) is 0 Å². The van der Waals surface area contributed by atoms with Crippen LogP contribution in [0.4, 0.5) is 20.3 Å². The Hall–Kier alpha value is -4.14. The highest BCUT2D eigenvalue weighted by Gasteiger charge is 2.21. The molecule has 0 aliphatic heterocycles. The number of nitrogens with one attached hydrogen (secondary N) is 1. The molecule has 33 heavy (non-hydrogen) atoms. The molecule has 1 amide bonds. The van der Waals surface area contributed by atoms with Crippen molar-refractivity contribution in [3.63, 3.8) is 0 Å². The van der Waals surface area contributed by atoms with Crippen molar-refractivity contribution < 1.29 is 23.0 Å². The standard InChI is InChI=1S/C24H22F2N4O3/c1-13-8-16(26)9-14(2)22(13)29-24-23(28-21-7-4-15(25)11-30(21)24)18-6-5-17(32-3)10-19(18)33-12-20(27)31/h4-11,29H,12H2,1-3H3,(H2,27,31). The van der Waals surface area contributed by atoms with Gasteiger partial charge in [0.1, 0.15) is 40.3 Å². The Kier molecular flexibility index (Phi) is 5.87. The number of benzene rings is 2. The summed E-state index contributed by atoms with van der Waals surface area (Å²) in [7, 11) is 1.51. The first-order valence-corrected chi connectivity index (χ1v) is 10.1. The molecule has 0 fully saturated rings. The van der Waals surface area contributed by atoms with Crippen LogP contribution in [0, 0.1) is 25.5 Å². The molecule has 0 aliphatic carbocycles. The van der Waals surface area contributed by atoms with Crippen LogP contribution < -0.4 is 20.5 Å². The summed E-state index contributed by atoms with van der Waals surface area (Å²) in [5.41, 5.74) is 8.70. The summed E-state index contributed by atoms with van der Waals surface area (Å²) in [6.07, 6.45) is 1.30. The minimum absolute atomic E-state index is 0.313. The molecule has 0 spiro atoms. The van der Waals surface area contributed by atoms with Crippen LogP contribution in [0.15, 0.2) is 48.7 Å². The van der Waals surface area contributed by atoms with E-state index in [1.165, 1.54) is 31.5 Å². The fraction of sp³-hybridized carbons (Fsp3) is 0.167. The number of amides is 1. The Morgan fingerprint density at radius 2 is 1.82 bits per heavy atom. The molecule has 9 heteroatoms. The zero-order valence-corrected chi connectivity index (χ0v) is 18.3. The topological polar surface area (TPSA) is 90.9 Å². The van der Waals surface area contributed by atoms with Gasteiger partial charge >= 0.3 is 0 Å². The highest BCUT2D eigenvalue weighted by atomic mass is 19.1. The van der Waals surface area contributed by atoms with Gasteiger partial charge in [-0.3, -0.25) is 9.20 Å². The van der Waals surface area contributed by atoms with Crippen molar-refractivity contribution in [2.45, 2.75) is 13.8 Å². The maximum absolute atomic E-state index is 14.1.